The summed E-state index contributed by atoms with van der Waals surface area (Å²) in [5.41, 5.74) is 2.19. The minimum Gasteiger partial charge on any atom is -0.321 e. The van der Waals surface area contributed by atoms with Gasteiger partial charge in [0.05, 0.1) is 15.6 Å². The second-order valence-electron chi connectivity index (χ2n) is 7.62. The number of para-hydroxylation sites is 1. The number of amides is 1. The first kappa shape index (κ1) is 22.5. The average molecular weight is 470 g/mol. The molecular formula is C24H24ClN3O3S. The van der Waals surface area contributed by atoms with Crippen molar-refractivity contribution in [3.63, 3.8) is 0 Å². The number of benzene rings is 3. The van der Waals surface area contributed by atoms with Crippen molar-refractivity contribution in [1.82, 2.24) is 9.21 Å². The second-order valence-corrected chi connectivity index (χ2v) is 9.97. The Balaban J connectivity index is 1.32. The van der Waals surface area contributed by atoms with E-state index in [9.17, 15) is 13.2 Å². The van der Waals surface area contributed by atoms with Crippen LogP contribution in [0.1, 0.15) is 15.9 Å². The minimum atomic E-state index is -3.45. The van der Waals surface area contributed by atoms with Crippen molar-refractivity contribution >= 4 is 33.2 Å². The molecule has 0 saturated carbocycles. The van der Waals surface area contributed by atoms with Gasteiger partial charge >= 0.3 is 0 Å². The monoisotopic (exact) mass is 469 g/mol. The third-order valence-electron chi connectivity index (χ3n) is 5.46. The number of piperazine rings is 1. The number of hydrogen-bond donors (Lipinski definition) is 1. The lowest BCUT2D eigenvalue weighted by Gasteiger charge is -2.34. The third kappa shape index (κ3) is 5.19. The van der Waals surface area contributed by atoms with Crippen LogP contribution in [0.2, 0.25) is 5.02 Å². The van der Waals surface area contributed by atoms with Crippen LogP contribution in [0.25, 0.3) is 0 Å². The zero-order chi connectivity index (χ0) is 22.6. The second kappa shape index (κ2) is 9.83. The largest absolute Gasteiger partial charge is 0.321 e. The third-order valence-corrected chi connectivity index (χ3v) is 7.70. The normalized spacial score (nSPS) is 15.4. The van der Waals surface area contributed by atoms with Crippen LogP contribution in [0, 0.1) is 0 Å². The number of nitrogens with one attached hydrogen (secondary N) is 1. The Bertz CT molecular complexity index is 1180. The Kier molecular flexibility index (Phi) is 6.91. The van der Waals surface area contributed by atoms with E-state index in [1.54, 1.807) is 52.8 Å². The van der Waals surface area contributed by atoms with Crippen LogP contribution >= 0.6 is 11.6 Å². The van der Waals surface area contributed by atoms with Crippen molar-refractivity contribution in [2.45, 2.75) is 11.4 Å². The summed E-state index contributed by atoms with van der Waals surface area (Å²) in [7, 11) is -3.45. The minimum absolute atomic E-state index is 0.218. The van der Waals surface area contributed by atoms with Gasteiger partial charge in [0.25, 0.3) is 5.91 Å². The molecule has 4 rings (SSSR count). The van der Waals surface area contributed by atoms with Crippen LogP contribution in [-0.2, 0) is 16.6 Å². The van der Waals surface area contributed by atoms with Crippen molar-refractivity contribution in [3.8, 4) is 0 Å². The summed E-state index contributed by atoms with van der Waals surface area (Å²) in [5.74, 6) is -0.218. The molecule has 32 heavy (non-hydrogen) atoms. The molecule has 0 aromatic heterocycles. The molecule has 166 valence electrons. The lowest BCUT2D eigenvalue weighted by atomic mass is 10.1. The number of hydrogen-bond acceptors (Lipinski definition) is 4. The Morgan fingerprint density at radius 2 is 1.47 bits per heavy atom. The molecular weight excluding hydrogens is 446 g/mol. The Labute approximate surface area is 193 Å². The van der Waals surface area contributed by atoms with E-state index in [4.69, 9.17) is 11.6 Å². The van der Waals surface area contributed by atoms with Gasteiger partial charge in [0.2, 0.25) is 10.0 Å². The van der Waals surface area contributed by atoms with Crippen LogP contribution in [-0.4, -0.2) is 49.7 Å². The van der Waals surface area contributed by atoms with Gasteiger partial charge in [-0.3, -0.25) is 9.69 Å². The fourth-order valence-corrected chi connectivity index (χ4v) is 5.27. The fraction of sp³-hybridized carbons (Fsp3) is 0.208. The van der Waals surface area contributed by atoms with E-state index in [-0.39, 0.29) is 5.91 Å². The number of carbonyl (C=O) groups is 1. The summed E-state index contributed by atoms with van der Waals surface area (Å²) >= 11 is 6.10. The highest BCUT2D eigenvalue weighted by molar-refractivity contribution is 7.89. The van der Waals surface area contributed by atoms with Crippen LogP contribution < -0.4 is 5.32 Å². The highest BCUT2D eigenvalue weighted by atomic mass is 35.5. The SMILES string of the molecule is O=C(Nc1ccccc1Cl)c1ccc(CN2CCN(S(=O)(=O)c3ccccc3)CC2)cc1. The molecule has 3 aromatic carbocycles. The Morgan fingerprint density at radius 1 is 0.844 bits per heavy atom. The zero-order valence-corrected chi connectivity index (χ0v) is 19.0. The first-order chi connectivity index (χ1) is 15.4. The molecule has 8 heteroatoms. The number of carbonyl (C=O) groups excluding carboxylic acids is 1. The highest BCUT2D eigenvalue weighted by Crippen LogP contribution is 2.22. The van der Waals surface area contributed by atoms with Crippen LogP contribution in [0.4, 0.5) is 5.69 Å². The average Bonchev–Trinajstić information content (AvgIpc) is 2.82. The maximum Gasteiger partial charge on any atom is 0.255 e. The zero-order valence-electron chi connectivity index (χ0n) is 17.4. The van der Waals surface area contributed by atoms with Crippen molar-refractivity contribution in [1.29, 1.82) is 0 Å². The summed E-state index contributed by atoms with van der Waals surface area (Å²) in [6, 6.07) is 23.1. The van der Waals surface area contributed by atoms with Gasteiger partial charge in [0, 0.05) is 38.3 Å². The van der Waals surface area contributed by atoms with Crippen LogP contribution in [0.15, 0.2) is 83.8 Å². The summed E-state index contributed by atoms with van der Waals surface area (Å²) < 4.78 is 27.1. The first-order valence-electron chi connectivity index (χ1n) is 10.4. The fourth-order valence-electron chi connectivity index (χ4n) is 3.65. The van der Waals surface area contributed by atoms with Crippen molar-refractivity contribution in [2.24, 2.45) is 0 Å². The molecule has 1 aliphatic rings. The molecule has 0 atom stereocenters. The first-order valence-corrected chi connectivity index (χ1v) is 12.2. The van der Waals surface area contributed by atoms with E-state index in [1.165, 1.54) is 0 Å². The molecule has 0 spiro atoms. The van der Waals surface area contributed by atoms with Crippen LogP contribution in [0.3, 0.4) is 0 Å². The van der Waals surface area contributed by atoms with E-state index in [0.29, 0.717) is 53.9 Å². The maximum atomic E-state index is 12.8. The van der Waals surface area contributed by atoms with Crippen LogP contribution in [0.5, 0.6) is 0 Å². The summed E-state index contributed by atoms with van der Waals surface area (Å²) in [6.45, 7) is 2.92. The van der Waals surface area contributed by atoms with E-state index in [2.05, 4.69) is 10.2 Å². The summed E-state index contributed by atoms with van der Waals surface area (Å²) in [6.07, 6.45) is 0. The topological polar surface area (TPSA) is 69.7 Å². The quantitative estimate of drug-likeness (QED) is 0.590. The maximum absolute atomic E-state index is 12.8. The predicted molar refractivity (Wildman–Crippen MR) is 126 cm³/mol. The molecule has 1 fully saturated rings. The standard InChI is InChI=1S/C24H24ClN3O3S/c25-22-8-4-5-9-23(22)26-24(29)20-12-10-19(11-13-20)18-27-14-16-28(17-15-27)32(30,31)21-6-2-1-3-7-21/h1-13H,14-18H2,(H,26,29). The predicted octanol–water partition coefficient (Wildman–Crippen LogP) is 4.10. The van der Waals surface area contributed by atoms with Crippen molar-refractivity contribution < 1.29 is 13.2 Å². The molecule has 1 aliphatic heterocycles. The number of halogens is 1. The van der Waals surface area contributed by atoms with Gasteiger partial charge in [-0.2, -0.15) is 4.31 Å². The van der Waals surface area contributed by atoms with Gasteiger partial charge in [-0.1, -0.05) is 54.1 Å². The summed E-state index contributed by atoms with van der Waals surface area (Å²) in [4.78, 5) is 15.0. The summed E-state index contributed by atoms with van der Waals surface area (Å²) in [5, 5.41) is 3.31. The molecule has 1 amide bonds. The Hall–Kier alpha value is -2.71. The molecule has 0 unspecified atom stereocenters. The van der Waals surface area contributed by atoms with Crippen molar-refractivity contribution in [3.05, 3.63) is 95.0 Å². The highest BCUT2D eigenvalue weighted by Gasteiger charge is 2.28. The molecule has 0 radical (unpaired) electrons. The van der Waals surface area contributed by atoms with E-state index in [0.717, 1.165) is 5.56 Å². The van der Waals surface area contributed by atoms with E-state index < -0.39 is 10.0 Å². The Morgan fingerprint density at radius 3 is 2.12 bits per heavy atom. The number of sulfonamides is 1. The lowest BCUT2D eigenvalue weighted by Crippen LogP contribution is -2.48. The number of anilines is 1. The number of nitrogens with zero attached hydrogens (tertiary/aromatic N) is 2. The molecule has 0 bridgehead atoms. The molecule has 6 nitrogen and oxygen atoms in total. The van der Waals surface area contributed by atoms with E-state index in [1.807, 2.05) is 30.3 Å². The van der Waals surface area contributed by atoms with Gasteiger partial charge < -0.3 is 5.32 Å². The van der Waals surface area contributed by atoms with Gasteiger partial charge in [-0.05, 0) is 42.0 Å². The lowest BCUT2D eigenvalue weighted by molar-refractivity contribution is 0.102. The molecule has 0 aliphatic carbocycles. The molecule has 1 heterocycles. The van der Waals surface area contributed by atoms with Gasteiger partial charge in [0.15, 0.2) is 0 Å². The van der Waals surface area contributed by atoms with Gasteiger partial charge in [0.1, 0.15) is 0 Å². The van der Waals surface area contributed by atoms with E-state index >= 15 is 0 Å². The van der Waals surface area contributed by atoms with Gasteiger partial charge in [-0.15, -0.1) is 0 Å². The van der Waals surface area contributed by atoms with Gasteiger partial charge in [-0.25, -0.2) is 8.42 Å². The van der Waals surface area contributed by atoms with Crippen molar-refractivity contribution in [2.75, 3.05) is 31.5 Å². The smallest absolute Gasteiger partial charge is 0.255 e. The molecule has 3 aromatic rings. The molecule has 1 saturated heterocycles. The molecule has 1 N–H and O–H groups in total. The number of rotatable bonds is 6.